The van der Waals surface area contributed by atoms with Crippen molar-refractivity contribution in [2.24, 2.45) is 50.7 Å². The van der Waals surface area contributed by atoms with E-state index in [9.17, 15) is 15.3 Å². The molecule has 1 saturated heterocycles. The summed E-state index contributed by atoms with van der Waals surface area (Å²) in [5.41, 5.74) is -0.501. The first-order chi connectivity index (χ1) is 17.1. The number of aliphatic hydroxyl groups excluding tert-OH is 2. The van der Waals surface area contributed by atoms with Crippen LogP contribution < -0.4 is 0 Å². The van der Waals surface area contributed by atoms with Crippen LogP contribution in [0.4, 0.5) is 0 Å². The molecule has 2 spiro atoms. The van der Waals surface area contributed by atoms with Crippen LogP contribution in [0.5, 0.6) is 0 Å². The Kier molecular flexibility index (Phi) is 5.81. The summed E-state index contributed by atoms with van der Waals surface area (Å²) in [5.74, 6) is 1.82. The van der Waals surface area contributed by atoms with Gasteiger partial charge in [-0.1, -0.05) is 34.6 Å². The molecule has 5 saturated carbocycles. The summed E-state index contributed by atoms with van der Waals surface area (Å²) in [6, 6.07) is 0. The minimum absolute atomic E-state index is 0.0209. The number of rotatable bonds is 4. The number of hydrogen-bond donors (Lipinski definition) is 3. The van der Waals surface area contributed by atoms with Gasteiger partial charge in [0, 0.05) is 12.0 Å². The monoisotopic (exact) mass is 518 g/mol. The van der Waals surface area contributed by atoms with Crippen LogP contribution in [0.1, 0.15) is 107 Å². The first kappa shape index (κ1) is 27.0. The van der Waals surface area contributed by atoms with Gasteiger partial charge in [-0.2, -0.15) is 0 Å². The highest BCUT2D eigenvalue weighted by atomic mass is 16.6. The first-order valence-electron chi connectivity index (χ1n) is 15.5. The molecule has 6 rings (SSSR count). The van der Waals surface area contributed by atoms with E-state index < -0.39 is 17.8 Å². The van der Waals surface area contributed by atoms with Crippen LogP contribution in [-0.2, 0) is 9.47 Å². The Balaban J connectivity index is 1.35. The van der Waals surface area contributed by atoms with Crippen LogP contribution in [0.3, 0.4) is 0 Å². The Morgan fingerprint density at radius 2 is 1.62 bits per heavy atom. The maximum Gasteiger partial charge on any atom is 0.112 e. The van der Waals surface area contributed by atoms with Crippen LogP contribution in [0.25, 0.3) is 0 Å². The van der Waals surface area contributed by atoms with Gasteiger partial charge in [0.2, 0.25) is 0 Å². The molecule has 13 atom stereocenters. The van der Waals surface area contributed by atoms with Crippen molar-refractivity contribution in [3.8, 4) is 0 Å². The molecular formula is C32H54O5. The third kappa shape index (κ3) is 3.10. The van der Waals surface area contributed by atoms with Crippen LogP contribution in [0.15, 0.2) is 0 Å². The molecule has 0 amide bonds. The van der Waals surface area contributed by atoms with Gasteiger partial charge < -0.3 is 24.8 Å². The van der Waals surface area contributed by atoms with Gasteiger partial charge in [-0.3, -0.25) is 0 Å². The fourth-order valence-corrected chi connectivity index (χ4v) is 12.5. The maximum absolute atomic E-state index is 12.3. The summed E-state index contributed by atoms with van der Waals surface area (Å²) in [6.07, 6.45) is 7.49. The van der Waals surface area contributed by atoms with Crippen molar-refractivity contribution in [2.75, 3.05) is 6.61 Å². The van der Waals surface area contributed by atoms with Gasteiger partial charge in [-0.15, -0.1) is 0 Å². The molecule has 0 aromatic heterocycles. The van der Waals surface area contributed by atoms with Gasteiger partial charge >= 0.3 is 0 Å². The minimum atomic E-state index is -1.00. The average molecular weight is 519 g/mol. The van der Waals surface area contributed by atoms with Gasteiger partial charge in [-0.05, 0) is 117 Å². The minimum Gasteiger partial charge on any atom is -0.393 e. The van der Waals surface area contributed by atoms with E-state index >= 15 is 0 Å². The van der Waals surface area contributed by atoms with Gasteiger partial charge in [0.1, 0.15) is 6.10 Å². The summed E-state index contributed by atoms with van der Waals surface area (Å²) in [6.45, 7) is 18.0. The summed E-state index contributed by atoms with van der Waals surface area (Å²) < 4.78 is 12.9. The maximum atomic E-state index is 12.3. The third-order valence-corrected chi connectivity index (χ3v) is 14.2. The van der Waals surface area contributed by atoms with E-state index in [2.05, 4.69) is 34.6 Å². The first-order valence-corrected chi connectivity index (χ1v) is 15.5. The Morgan fingerprint density at radius 3 is 2.27 bits per heavy atom. The van der Waals surface area contributed by atoms with Gasteiger partial charge in [0.05, 0.1) is 30.0 Å². The molecule has 1 aliphatic heterocycles. The molecule has 0 aromatic rings. The SMILES string of the molecule is CCO[C@@H]([C@H]1C[C@@H](C)[C@H]2[C@H](O1)[C@H](O)[C@@]1(C)[C@@H]3CC[C@H]4C(C)(C)[C@@H](O)CC[C@@]45C[C@@]35CC[C@]21C)C(C)(C)O. The molecule has 6 fully saturated rings. The highest BCUT2D eigenvalue weighted by Crippen LogP contribution is 2.89. The van der Waals surface area contributed by atoms with Crippen LogP contribution >= 0.6 is 0 Å². The van der Waals surface area contributed by atoms with Crippen molar-refractivity contribution in [2.45, 2.75) is 143 Å². The van der Waals surface area contributed by atoms with Crippen molar-refractivity contribution in [3.05, 3.63) is 0 Å². The molecule has 212 valence electrons. The summed E-state index contributed by atoms with van der Waals surface area (Å²) >= 11 is 0. The quantitative estimate of drug-likeness (QED) is 0.468. The molecule has 0 unspecified atom stereocenters. The number of aliphatic hydroxyl groups is 3. The number of hydrogen-bond acceptors (Lipinski definition) is 5. The third-order valence-electron chi connectivity index (χ3n) is 14.2. The van der Waals surface area contributed by atoms with Crippen LogP contribution in [-0.4, -0.2) is 58.0 Å². The largest absolute Gasteiger partial charge is 0.393 e. The average Bonchev–Trinajstić information content (AvgIpc) is 3.44. The van der Waals surface area contributed by atoms with E-state index in [1.165, 1.54) is 19.3 Å². The fraction of sp³-hybridized carbons (Fsp3) is 1.00. The summed E-state index contributed by atoms with van der Waals surface area (Å²) in [4.78, 5) is 0. The second-order valence-electron chi connectivity index (χ2n) is 16.1. The summed E-state index contributed by atoms with van der Waals surface area (Å²) in [7, 11) is 0. The predicted molar refractivity (Wildman–Crippen MR) is 144 cm³/mol. The van der Waals surface area contributed by atoms with Gasteiger partial charge in [-0.25, -0.2) is 0 Å². The van der Waals surface area contributed by atoms with Gasteiger partial charge in [0.25, 0.3) is 0 Å². The van der Waals surface area contributed by atoms with Crippen LogP contribution in [0.2, 0.25) is 0 Å². The van der Waals surface area contributed by atoms with Crippen molar-refractivity contribution >= 4 is 0 Å². The van der Waals surface area contributed by atoms with E-state index in [1.54, 1.807) is 0 Å². The van der Waals surface area contributed by atoms with E-state index in [4.69, 9.17) is 9.47 Å². The van der Waals surface area contributed by atoms with E-state index in [0.717, 1.165) is 32.1 Å². The van der Waals surface area contributed by atoms with Crippen molar-refractivity contribution in [1.29, 1.82) is 0 Å². The lowest BCUT2D eigenvalue weighted by Crippen LogP contribution is -2.59. The Labute approximate surface area is 225 Å². The van der Waals surface area contributed by atoms with E-state index in [0.29, 0.717) is 41.1 Å². The zero-order valence-corrected chi connectivity index (χ0v) is 24.7. The predicted octanol–water partition coefficient (Wildman–Crippen LogP) is 5.34. The number of fused-ring (bicyclic) bond motifs is 4. The van der Waals surface area contributed by atoms with E-state index in [1.807, 2.05) is 20.8 Å². The topological polar surface area (TPSA) is 79.2 Å². The second kappa shape index (κ2) is 7.96. The molecule has 0 radical (unpaired) electrons. The van der Waals surface area contributed by atoms with Crippen molar-refractivity contribution in [1.82, 2.24) is 0 Å². The lowest BCUT2D eigenvalue weighted by molar-refractivity contribution is -0.215. The molecule has 5 aliphatic carbocycles. The molecule has 0 bridgehead atoms. The van der Waals surface area contributed by atoms with Gasteiger partial charge in [0.15, 0.2) is 0 Å². The van der Waals surface area contributed by atoms with E-state index in [-0.39, 0.29) is 34.6 Å². The summed E-state index contributed by atoms with van der Waals surface area (Å²) in [5, 5.41) is 34.2. The Bertz CT molecular complexity index is 927. The van der Waals surface area contributed by atoms with Crippen molar-refractivity contribution in [3.63, 3.8) is 0 Å². The van der Waals surface area contributed by atoms with Crippen molar-refractivity contribution < 1.29 is 24.8 Å². The standard InChI is InChI=1S/C32H54O5/c1-9-36-26(28(5,6)35)19-16-18(2)23-24(37-19)25(34)30(8)21-11-10-20-27(3,4)22(33)12-13-31(20)17-32(21,31)15-14-29(23,30)7/h18-26,33-35H,9-17H2,1-8H3/t18-,19-,20+,21+,22+,23+,24+,25+,26+,29-,30-,31-,32+/m1/s1. The molecule has 5 nitrogen and oxygen atoms in total. The Hall–Kier alpha value is -0.200. The smallest absolute Gasteiger partial charge is 0.112 e. The Morgan fingerprint density at radius 1 is 0.973 bits per heavy atom. The molecule has 3 N–H and O–H groups in total. The van der Waals surface area contributed by atoms with Crippen LogP contribution in [0, 0.1) is 50.7 Å². The molecule has 5 heteroatoms. The second-order valence-corrected chi connectivity index (χ2v) is 16.1. The molecule has 0 aromatic carbocycles. The highest BCUT2D eigenvalue weighted by Gasteiger charge is 2.84. The molecule has 1 heterocycles. The number of ether oxygens (including phenoxy) is 2. The molecule has 37 heavy (non-hydrogen) atoms. The fourth-order valence-electron chi connectivity index (χ4n) is 12.5. The normalized spacial score (nSPS) is 56.8. The molecular weight excluding hydrogens is 464 g/mol. The molecule has 6 aliphatic rings. The zero-order chi connectivity index (χ0) is 27.0. The highest BCUT2D eigenvalue weighted by molar-refractivity contribution is 5.32. The lowest BCUT2D eigenvalue weighted by Gasteiger charge is -2.63. The zero-order valence-electron chi connectivity index (χ0n) is 24.7. The lowest BCUT2D eigenvalue weighted by atomic mass is 9.41.